The van der Waals surface area contributed by atoms with Crippen LogP contribution in [0.1, 0.15) is 10.5 Å². The van der Waals surface area contributed by atoms with Crippen molar-refractivity contribution in [1.29, 1.82) is 0 Å². The molecule has 0 aromatic carbocycles. The molecule has 2 heterocycles. The lowest BCUT2D eigenvalue weighted by molar-refractivity contribution is 0.111. The van der Waals surface area contributed by atoms with Gasteiger partial charge >= 0.3 is 0 Å². The fraction of sp³-hybridized carbons (Fsp3) is 0. The topological polar surface area (TPSA) is 45.8 Å². The van der Waals surface area contributed by atoms with Crippen LogP contribution < -0.4 is 0 Å². The Bertz CT molecular complexity index is 480. The number of H-pyrrole nitrogens is 1. The summed E-state index contributed by atoms with van der Waals surface area (Å²) in [6.45, 7) is 0. The second kappa shape index (κ2) is 2.81. The number of carbonyl (C=O) groups is 1. The van der Waals surface area contributed by atoms with E-state index < -0.39 is 5.82 Å². The lowest BCUT2D eigenvalue weighted by Crippen LogP contribution is -1.94. The van der Waals surface area contributed by atoms with Crippen molar-refractivity contribution in [1.82, 2.24) is 9.97 Å². The Kier molecular flexibility index (Phi) is 1.77. The van der Waals surface area contributed by atoms with Gasteiger partial charge in [0.05, 0.1) is 5.02 Å². The van der Waals surface area contributed by atoms with E-state index in [-0.39, 0.29) is 10.7 Å². The molecule has 0 aliphatic heterocycles. The van der Waals surface area contributed by atoms with Gasteiger partial charge in [0.25, 0.3) is 0 Å². The van der Waals surface area contributed by atoms with Gasteiger partial charge in [0.1, 0.15) is 11.3 Å². The first-order valence-corrected chi connectivity index (χ1v) is 3.89. The highest BCUT2D eigenvalue weighted by Gasteiger charge is 2.12. The summed E-state index contributed by atoms with van der Waals surface area (Å²) in [6.07, 6.45) is 1.92. The Hall–Kier alpha value is -1.42. The molecule has 0 aliphatic carbocycles. The summed E-state index contributed by atoms with van der Waals surface area (Å²) >= 11 is 5.66. The van der Waals surface area contributed by atoms with Crippen LogP contribution in [0, 0.1) is 5.82 Å². The number of aldehydes is 1. The van der Waals surface area contributed by atoms with Crippen molar-refractivity contribution >= 4 is 28.9 Å². The van der Waals surface area contributed by atoms with E-state index in [2.05, 4.69) is 9.97 Å². The molecule has 13 heavy (non-hydrogen) atoms. The van der Waals surface area contributed by atoms with Crippen LogP contribution in [0.15, 0.2) is 12.3 Å². The molecule has 0 bridgehead atoms. The molecule has 66 valence electrons. The maximum Gasteiger partial charge on any atom is 0.171 e. The first kappa shape index (κ1) is 8.19. The molecule has 0 saturated carbocycles. The zero-order valence-corrected chi connectivity index (χ0v) is 7.10. The zero-order chi connectivity index (χ0) is 9.42. The minimum Gasteiger partial charge on any atom is -0.346 e. The average molecular weight is 199 g/mol. The summed E-state index contributed by atoms with van der Waals surface area (Å²) in [7, 11) is 0. The third-order valence-corrected chi connectivity index (χ3v) is 2.09. The van der Waals surface area contributed by atoms with Gasteiger partial charge in [-0.2, -0.15) is 0 Å². The van der Waals surface area contributed by atoms with Crippen LogP contribution in [-0.4, -0.2) is 16.3 Å². The smallest absolute Gasteiger partial charge is 0.171 e. The largest absolute Gasteiger partial charge is 0.346 e. The van der Waals surface area contributed by atoms with Gasteiger partial charge in [0, 0.05) is 11.6 Å². The van der Waals surface area contributed by atoms with E-state index in [1.165, 1.54) is 0 Å². The summed E-state index contributed by atoms with van der Waals surface area (Å²) in [5, 5.41) is 0.401. The first-order chi connectivity index (χ1) is 6.24. The third-order valence-electron chi connectivity index (χ3n) is 1.72. The molecule has 0 spiro atoms. The fourth-order valence-corrected chi connectivity index (χ4v) is 1.36. The molecular weight excluding hydrogens is 195 g/mol. The number of rotatable bonds is 1. The highest BCUT2D eigenvalue weighted by Crippen LogP contribution is 2.25. The van der Waals surface area contributed by atoms with Gasteiger partial charge in [0.15, 0.2) is 12.1 Å². The van der Waals surface area contributed by atoms with E-state index in [4.69, 9.17) is 11.6 Å². The van der Waals surface area contributed by atoms with Crippen molar-refractivity contribution in [3.8, 4) is 0 Å². The summed E-state index contributed by atoms with van der Waals surface area (Å²) < 4.78 is 13.2. The highest BCUT2D eigenvalue weighted by atomic mass is 35.5. The maximum absolute atomic E-state index is 13.2. The molecule has 2 aromatic rings. The van der Waals surface area contributed by atoms with Gasteiger partial charge in [0.2, 0.25) is 0 Å². The second-order valence-electron chi connectivity index (χ2n) is 2.48. The SMILES string of the molecule is O=Cc1nc2[nH]ccc2c(Cl)c1F. The number of fused-ring (bicyclic) bond motifs is 1. The van der Waals surface area contributed by atoms with Gasteiger partial charge in [-0.25, -0.2) is 9.37 Å². The summed E-state index contributed by atoms with van der Waals surface area (Å²) in [5.41, 5.74) is 0.133. The van der Waals surface area contributed by atoms with E-state index >= 15 is 0 Å². The second-order valence-corrected chi connectivity index (χ2v) is 2.86. The molecule has 2 aromatic heterocycles. The normalized spacial score (nSPS) is 10.6. The Morgan fingerprint density at radius 1 is 1.62 bits per heavy atom. The van der Waals surface area contributed by atoms with Crippen LogP contribution in [0.4, 0.5) is 4.39 Å². The van der Waals surface area contributed by atoms with Crippen molar-refractivity contribution in [2.75, 3.05) is 0 Å². The molecule has 1 N–H and O–H groups in total. The molecule has 0 fully saturated rings. The monoisotopic (exact) mass is 198 g/mol. The summed E-state index contributed by atoms with van der Waals surface area (Å²) in [6, 6.07) is 1.60. The standard InChI is InChI=1S/C8H4ClFN2O/c9-6-4-1-2-11-8(4)12-5(3-13)7(6)10/h1-3H,(H,11,12). The molecule has 3 nitrogen and oxygen atoms in total. The molecule has 0 saturated heterocycles. The van der Waals surface area contributed by atoms with Crippen LogP contribution in [-0.2, 0) is 0 Å². The molecule has 2 rings (SSSR count). The number of nitrogens with one attached hydrogen (secondary N) is 1. The maximum atomic E-state index is 13.2. The molecule has 0 radical (unpaired) electrons. The summed E-state index contributed by atoms with van der Waals surface area (Å²) in [5.74, 6) is -0.774. The fourth-order valence-electron chi connectivity index (χ4n) is 1.11. The van der Waals surface area contributed by atoms with Crippen LogP contribution in [0.2, 0.25) is 5.02 Å². The number of aromatic amines is 1. The van der Waals surface area contributed by atoms with Gasteiger partial charge in [-0.1, -0.05) is 11.6 Å². The van der Waals surface area contributed by atoms with E-state index in [0.717, 1.165) is 0 Å². The van der Waals surface area contributed by atoms with Gasteiger partial charge in [-0.3, -0.25) is 4.79 Å². The molecule has 0 amide bonds. The number of halogens is 2. The Morgan fingerprint density at radius 2 is 2.38 bits per heavy atom. The van der Waals surface area contributed by atoms with Crippen LogP contribution in [0.3, 0.4) is 0 Å². The minimum absolute atomic E-state index is 0.0756. The lowest BCUT2D eigenvalue weighted by atomic mass is 10.3. The van der Waals surface area contributed by atoms with E-state index in [0.29, 0.717) is 17.3 Å². The first-order valence-electron chi connectivity index (χ1n) is 3.51. The van der Waals surface area contributed by atoms with Crippen LogP contribution in [0.5, 0.6) is 0 Å². The molecule has 0 atom stereocenters. The number of nitrogens with zero attached hydrogens (tertiary/aromatic N) is 1. The Morgan fingerprint density at radius 3 is 3.08 bits per heavy atom. The van der Waals surface area contributed by atoms with Gasteiger partial charge in [-0.15, -0.1) is 0 Å². The van der Waals surface area contributed by atoms with E-state index in [1.54, 1.807) is 12.3 Å². The van der Waals surface area contributed by atoms with E-state index in [1.807, 2.05) is 0 Å². The molecular formula is C8H4ClFN2O. The van der Waals surface area contributed by atoms with Crippen LogP contribution >= 0.6 is 11.6 Å². The number of hydrogen-bond donors (Lipinski definition) is 1. The van der Waals surface area contributed by atoms with Crippen LogP contribution in [0.25, 0.3) is 11.0 Å². The molecule has 5 heteroatoms. The summed E-state index contributed by atoms with van der Waals surface area (Å²) in [4.78, 5) is 16.8. The van der Waals surface area contributed by atoms with Crippen molar-refractivity contribution in [3.63, 3.8) is 0 Å². The van der Waals surface area contributed by atoms with Gasteiger partial charge in [-0.05, 0) is 6.07 Å². The third kappa shape index (κ3) is 1.10. The average Bonchev–Trinajstić information content (AvgIpc) is 2.59. The lowest BCUT2D eigenvalue weighted by Gasteiger charge is -1.98. The minimum atomic E-state index is -0.774. The van der Waals surface area contributed by atoms with Crippen molar-refractivity contribution in [3.05, 3.63) is 28.8 Å². The number of hydrogen-bond acceptors (Lipinski definition) is 2. The predicted molar refractivity (Wildman–Crippen MR) is 46.4 cm³/mol. The zero-order valence-electron chi connectivity index (χ0n) is 6.34. The Balaban J connectivity index is 2.91. The highest BCUT2D eigenvalue weighted by molar-refractivity contribution is 6.35. The Labute approximate surface area is 77.5 Å². The number of pyridine rings is 1. The molecule has 0 unspecified atom stereocenters. The van der Waals surface area contributed by atoms with Crippen molar-refractivity contribution < 1.29 is 9.18 Å². The molecule has 0 aliphatic rings. The predicted octanol–water partition coefficient (Wildman–Crippen LogP) is 2.17. The van der Waals surface area contributed by atoms with E-state index in [9.17, 15) is 9.18 Å². The van der Waals surface area contributed by atoms with Crippen molar-refractivity contribution in [2.45, 2.75) is 0 Å². The number of aromatic nitrogens is 2. The van der Waals surface area contributed by atoms with Gasteiger partial charge < -0.3 is 4.98 Å². The number of carbonyl (C=O) groups excluding carboxylic acids is 1. The van der Waals surface area contributed by atoms with Crippen molar-refractivity contribution in [2.24, 2.45) is 0 Å². The quantitative estimate of drug-likeness (QED) is 0.714.